The van der Waals surface area contributed by atoms with Gasteiger partial charge in [-0.05, 0) is 5.53 Å². The Morgan fingerprint density at radius 2 is 1.92 bits per heavy atom. The van der Waals surface area contributed by atoms with E-state index >= 15 is 0 Å². The van der Waals surface area contributed by atoms with Crippen LogP contribution in [0.3, 0.4) is 0 Å². The highest BCUT2D eigenvalue weighted by Gasteiger charge is 2.48. The molecule has 0 saturated carbocycles. The first-order valence-corrected chi connectivity index (χ1v) is 7.10. The number of nitrogens with zero attached hydrogens (tertiary/aromatic N) is 3. The van der Waals surface area contributed by atoms with Gasteiger partial charge < -0.3 is 24.3 Å². The Labute approximate surface area is 138 Å². The van der Waals surface area contributed by atoms with Crippen molar-refractivity contribution >= 4 is 17.8 Å². The zero-order valence-electron chi connectivity index (χ0n) is 13.8. The third kappa shape index (κ3) is 5.37. The average Bonchev–Trinajstić information content (AvgIpc) is 2.48. The Balaban J connectivity index is 3.17. The zero-order valence-corrected chi connectivity index (χ0v) is 13.8. The zero-order chi connectivity index (χ0) is 18.3. The molecule has 0 aliphatic carbocycles. The van der Waals surface area contributed by atoms with E-state index in [1.807, 2.05) is 0 Å². The van der Waals surface area contributed by atoms with Crippen molar-refractivity contribution in [3.05, 3.63) is 10.4 Å². The molecule has 134 valence electrons. The molecule has 0 aromatic rings. The number of esters is 2. The first kappa shape index (κ1) is 19.7. The molecule has 11 nitrogen and oxygen atoms in total. The van der Waals surface area contributed by atoms with Gasteiger partial charge in [0.2, 0.25) is 5.91 Å². The molecule has 1 aliphatic rings. The van der Waals surface area contributed by atoms with Crippen LogP contribution in [0.2, 0.25) is 0 Å². The van der Waals surface area contributed by atoms with E-state index in [1.54, 1.807) is 0 Å². The van der Waals surface area contributed by atoms with E-state index in [9.17, 15) is 14.4 Å². The van der Waals surface area contributed by atoms with E-state index in [4.69, 9.17) is 24.5 Å². The van der Waals surface area contributed by atoms with Crippen molar-refractivity contribution in [2.24, 2.45) is 5.11 Å². The normalized spacial score (nSPS) is 29.1. The van der Waals surface area contributed by atoms with Gasteiger partial charge >= 0.3 is 11.9 Å². The Bertz CT molecular complexity index is 534. The van der Waals surface area contributed by atoms with E-state index in [1.165, 1.54) is 27.9 Å². The Morgan fingerprint density at radius 1 is 1.25 bits per heavy atom. The maximum atomic E-state index is 11.4. The minimum absolute atomic E-state index is 0.233. The number of rotatable bonds is 6. The summed E-state index contributed by atoms with van der Waals surface area (Å²) in [6, 6.07) is -1.93. The number of carbonyl (C=O) groups is 3. The fourth-order valence-corrected chi connectivity index (χ4v) is 2.38. The number of hydrogen-bond donors (Lipinski definition) is 1. The summed E-state index contributed by atoms with van der Waals surface area (Å²) in [5, 5.41) is 6.14. The van der Waals surface area contributed by atoms with Crippen molar-refractivity contribution in [3.8, 4) is 0 Å². The van der Waals surface area contributed by atoms with Crippen LogP contribution in [0.15, 0.2) is 5.11 Å². The molecule has 1 rings (SSSR count). The van der Waals surface area contributed by atoms with Crippen molar-refractivity contribution < 1.29 is 33.3 Å². The maximum Gasteiger partial charge on any atom is 0.302 e. The van der Waals surface area contributed by atoms with Gasteiger partial charge in [0.1, 0.15) is 30.9 Å². The second-order valence-corrected chi connectivity index (χ2v) is 5.08. The van der Waals surface area contributed by atoms with Gasteiger partial charge in [0.25, 0.3) is 0 Å². The number of ether oxygens (including phenoxy) is 4. The molecule has 0 radical (unpaired) electrons. The van der Waals surface area contributed by atoms with Gasteiger partial charge in [0.05, 0.1) is 0 Å². The molecule has 1 heterocycles. The summed E-state index contributed by atoms with van der Waals surface area (Å²) in [4.78, 5) is 36.6. The molecule has 1 fully saturated rings. The summed E-state index contributed by atoms with van der Waals surface area (Å²) in [6.45, 7) is 3.42. The van der Waals surface area contributed by atoms with E-state index in [-0.39, 0.29) is 6.61 Å². The number of hydrogen-bond acceptors (Lipinski definition) is 8. The van der Waals surface area contributed by atoms with E-state index in [2.05, 4.69) is 15.3 Å². The quantitative estimate of drug-likeness (QED) is 0.309. The Hall–Kier alpha value is -2.36. The van der Waals surface area contributed by atoms with E-state index in [0.29, 0.717) is 0 Å². The van der Waals surface area contributed by atoms with Gasteiger partial charge in [-0.2, -0.15) is 0 Å². The first-order chi connectivity index (χ1) is 11.3. The molecule has 1 N–H and O–H groups in total. The number of methoxy groups -OCH3 is 1. The van der Waals surface area contributed by atoms with E-state index < -0.39 is 48.4 Å². The topological polar surface area (TPSA) is 149 Å². The first-order valence-electron chi connectivity index (χ1n) is 7.10. The molecule has 0 unspecified atom stereocenters. The highest BCUT2D eigenvalue weighted by atomic mass is 16.7. The van der Waals surface area contributed by atoms with Crippen molar-refractivity contribution in [1.82, 2.24) is 5.32 Å². The second-order valence-electron chi connectivity index (χ2n) is 5.08. The van der Waals surface area contributed by atoms with Crippen LogP contribution in [0.25, 0.3) is 10.4 Å². The van der Waals surface area contributed by atoms with Crippen LogP contribution < -0.4 is 5.32 Å². The highest BCUT2D eigenvalue weighted by Crippen LogP contribution is 2.27. The fraction of sp³-hybridized carbons (Fsp3) is 0.769. The molecule has 0 spiro atoms. The van der Waals surface area contributed by atoms with Crippen LogP contribution in [-0.4, -0.2) is 62.1 Å². The van der Waals surface area contributed by atoms with E-state index in [0.717, 1.165) is 0 Å². The summed E-state index contributed by atoms with van der Waals surface area (Å²) in [5.74, 6) is -1.61. The number of nitrogens with one attached hydrogen (secondary N) is 1. The lowest BCUT2D eigenvalue weighted by Crippen LogP contribution is -2.65. The summed E-state index contributed by atoms with van der Waals surface area (Å²) < 4.78 is 20.9. The fourth-order valence-electron chi connectivity index (χ4n) is 2.38. The number of carbonyl (C=O) groups excluding carboxylic acids is 3. The van der Waals surface area contributed by atoms with Crippen LogP contribution in [0.5, 0.6) is 0 Å². The summed E-state index contributed by atoms with van der Waals surface area (Å²) >= 11 is 0. The smallest absolute Gasteiger partial charge is 0.302 e. The molecule has 1 aliphatic heterocycles. The molecule has 1 saturated heterocycles. The summed E-state index contributed by atoms with van der Waals surface area (Å²) in [7, 11) is 1.33. The molecule has 11 heteroatoms. The lowest BCUT2D eigenvalue weighted by atomic mass is 9.94. The van der Waals surface area contributed by atoms with Gasteiger partial charge in [-0.1, -0.05) is 5.11 Å². The Kier molecular flexibility index (Phi) is 7.43. The maximum absolute atomic E-state index is 11.4. The summed E-state index contributed by atoms with van der Waals surface area (Å²) in [5.41, 5.74) is 8.79. The third-order valence-corrected chi connectivity index (χ3v) is 3.21. The van der Waals surface area contributed by atoms with Crippen molar-refractivity contribution in [2.45, 2.75) is 51.4 Å². The van der Waals surface area contributed by atoms with Crippen LogP contribution in [-0.2, 0) is 33.3 Å². The predicted molar refractivity (Wildman–Crippen MR) is 78.4 cm³/mol. The minimum atomic E-state index is -1.05. The lowest BCUT2D eigenvalue weighted by molar-refractivity contribution is -0.240. The predicted octanol–water partition coefficient (Wildman–Crippen LogP) is 0.0361. The van der Waals surface area contributed by atoms with Crippen LogP contribution in [0.4, 0.5) is 0 Å². The second kappa shape index (κ2) is 9.06. The number of azide groups is 1. The minimum Gasteiger partial charge on any atom is -0.463 e. The van der Waals surface area contributed by atoms with Crippen LogP contribution in [0, 0.1) is 0 Å². The molecular formula is C13H20N4O7. The Morgan fingerprint density at radius 3 is 2.38 bits per heavy atom. The average molecular weight is 344 g/mol. The lowest BCUT2D eigenvalue weighted by Gasteiger charge is -2.43. The van der Waals surface area contributed by atoms with Crippen molar-refractivity contribution in [2.75, 3.05) is 13.7 Å². The molecule has 24 heavy (non-hydrogen) atoms. The molecule has 1 amide bonds. The van der Waals surface area contributed by atoms with Gasteiger partial charge in [-0.3, -0.25) is 14.4 Å². The molecule has 0 aromatic heterocycles. The summed E-state index contributed by atoms with van der Waals surface area (Å²) in [6.07, 6.45) is -2.96. The van der Waals surface area contributed by atoms with Crippen molar-refractivity contribution in [3.63, 3.8) is 0 Å². The van der Waals surface area contributed by atoms with Crippen molar-refractivity contribution in [1.29, 1.82) is 0 Å². The van der Waals surface area contributed by atoms with Gasteiger partial charge in [-0.25, -0.2) is 0 Å². The number of amides is 1. The molecule has 0 aromatic carbocycles. The molecular weight excluding hydrogens is 324 g/mol. The van der Waals surface area contributed by atoms with Crippen LogP contribution in [0.1, 0.15) is 20.8 Å². The SMILES string of the molecule is CO[C@@H]1O[C@H](COC(C)=O)[C@H](N=[N+]=[N-])[C@@H](OC(C)=O)[C@H]1NC(C)=O. The molecule has 0 bridgehead atoms. The molecule has 5 atom stereocenters. The van der Waals surface area contributed by atoms with Crippen LogP contribution >= 0.6 is 0 Å². The highest BCUT2D eigenvalue weighted by molar-refractivity contribution is 5.73. The van der Waals surface area contributed by atoms with Gasteiger partial charge in [0.15, 0.2) is 6.29 Å². The van der Waals surface area contributed by atoms with Gasteiger partial charge in [0, 0.05) is 32.8 Å². The third-order valence-electron chi connectivity index (χ3n) is 3.21. The standard InChI is InChI=1S/C13H20N4O7/c1-6(18)15-11-12(23-8(3)20)10(16-17-14)9(5-22-7(2)19)24-13(11)21-4/h9-13H,5H2,1-4H3,(H,15,18)/t9-,10+,11-,12-,13-/m1/s1. The van der Waals surface area contributed by atoms with Gasteiger partial charge in [-0.15, -0.1) is 0 Å². The monoisotopic (exact) mass is 344 g/mol. The largest absolute Gasteiger partial charge is 0.463 e.